The fourth-order valence-electron chi connectivity index (χ4n) is 0.993. The molecule has 0 saturated carbocycles. The number of carbonyl (C=O) groups excluding carboxylic acids is 2. The van der Waals surface area contributed by atoms with Crippen LogP contribution in [0.3, 0.4) is 0 Å². The number of carbonyl (C=O) groups is 4. The Morgan fingerprint density at radius 2 is 1.39 bits per heavy atom. The number of nitrogens with zero attached hydrogens (tertiary/aromatic N) is 1. The zero-order valence-electron chi connectivity index (χ0n) is 9.38. The van der Waals surface area contributed by atoms with Gasteiger partial charge in [0.05, 0.1) is 0 Å². The standard InChI is InChI=1S/C8H14N4O6/c9-7(17)10-1-2-11-8(18)12(3-5(13)14)4-6(15)16/h1-4H2,(H,11,18)(H,13,14)(H,15,16)(H3,9,10,17). The van der Waals surface area contributed by atoms with Gasteiger partial charge in [-0.1, -0.05) is 0 Å². The van der Waals surface area contributed by atoms with Gasteiger partial charge in [0.25, 0.3) is 0 Å². The van der Waals surface area contributed by atoms with Crippen molar-refractivity contribution in [2.24, 2.45) is 5.73 Å². The number of hydrogen-bond acceptors (Lipinski definition) is 4. The zero-order chi connectivity index (χ0) is 14.1. The van der Waals surface area contributed by atoms with Gasteiger partial charge in [0, 0.05) is 13.1 Å². The normalized spacial score (nSPS) is 9.33. The molecule has 0 heterocycles. The van der Waals surface area contributed by atoms with E-state index >= 15 is 0 Å². The molecule has 0 saturated heterocycles. The van der Waals surface area contributed by atoms with Gasteiger partial charge in [-0.2, -0.15) is 0 Å². The first-order chi connectivity index (χ1) is 8.32. The summed E-state index contributed by atoms with van der Waals surface area (Å²) in [5.41, 5.74) is 4.77. The highest BCUT2D eigenvalue weighted by Crippen LogP contribution is 1.89. The summed E-state index contributed by atoms with van der Waals surface area (Å²) >= 11 is 0. The highest BCUT2D eigenvalue weighted by Gasteiger charge is 2.18. The van der Waals surface area contributed by atoms with Gasteiger partial charge >= 0.3 is 24.0 Å². The lowest BCUT2D eigenvalue weighted by Crippen LogP contribution is -2.47. The SMILES string of the molecule is NC(=O)NCCNC(=O)N(CC(=O)O)CC(=O)O. The molecule has 0 atom stereocenters. The van der Waals surface area contributed by atoms with Crippen LogP contribution in [-0.2, 0) is 9.59 Å². The summed E-state index contributed by atoms with van der Waals surface area (Å²) in [5.74, 6) is -2.66. The van der Waals surface area contributed by atoms with Gasteiger partial charge < -0.3 is 31.5 Å². The summed E-state index contributed by atoms with van der Waals surface area (Å²) in [5, 5.41) is 21.4. The number of aliphatic carboxylic acids is 2. The third-order valence-corrected chi connectivity index (χ3v) is 1.64. The van der Waals surface area contributed by atoms with Gasteiger partial charge in [-0.3, -0.25) is 9.59 Å². The van der Waals surface area contributed by atoms with Gasteiger partial charge in [-0.25, -0.2) is 9.59 Å². The van der Waals surface area contributed by atoms with E-state index in [4.69, 9.17) is 15.9 Å². The van der Waals surface area contributed by atoms with Crippen molar-refractivity contribution in [3.63, 3.8) is 0 Å². The highest BCUT2D eigenvalue weighted by molar-refractivity contribution is 5.84. The molecule has 0 aromatic carbocycles. The van der Waals surface area contributed by atoms with Crippen LogP contribution >= 0.6 is 0 Å². The molecule has 0 aliphatic rings. The first-order valence-electron chi connectivity index (χ1n) is 4.82. The molecule has 0 spiro atoms. The molecule has 0 aromatic heterocycles. The van der Waals surface area contributed by atoms with Crippen LogP contribution in [0.25, 0.3) is 0 Å². The average molecular weight is 262 g/mol. The van der Waals surface area contributed by atoms with E-state index in [9.17, 15) is 19.2 Å². The van der Waals surface area contributed by atoms with E-state index in [2.05, 4.69) is 10.6 Å². The Kier molecular flexibility index (Phi) is 6.63. The first kappa shape index (κ1) is 15.5. The molecular weight excluding hydrogens is 248 g/mol. The fourth-order valence-corrected chi connectivity index (χ4v) is 0.993. The second-order valence-electron chi connectivity index (χ2n) is 3.17. The maximum absolute atomic E-state index is 11.4. The molecule has 18 heavy (non-hydrogen) atoms. The number of hydrogen-bond donors (Lipinski definition) is 5. The van der Waals surface area contributed by atoms with Gasteiger partial charge in [0.2, 0.25) is 0 Å². The number of carboxylic acids is 2. The van der Waals surface area contributed by atoms with Crippen LogP contribution in [0.2, 0.25) is 0 Å². The molecule has 10 nitrogen and oxygen atoms in total. The monoisotopic (exact) mass is 262 g/mol. The Labute approximate surface area is 102 Å². The second kappa shape index (κ2) is 7.70. The summed E-state index contributed by atoms with van der Waals surface area (Å²) in [6.45, 7) is -1.42. The Hall–Kier alpha value is -2.52. The Bertz CT molecular complexity index is 328. The van der Waals surface area contributed by atoms with Crippen molar-refractivity contribution in [3.8, 4) is 0 Å². The van der Waals surface area contributed by atoms with E-state index in [-0.39, 0.29) is 13.1 Å². The summed E-state index contributed by atoms with van der Waals surface area (Å²) in [4.78, 5) is 43.2. The molecule has 0 rings (SSSR count). The summed E-state index contributed by atoms with van der Waals surface area (Å²) in [6.07, 6.45) is 0. The van der Waals surface area contributed by atoms with Crippen LogP contribution in [0.4, 0.5) is 9.59 Å². The van der Waals surface area contributed by atoms with Crippen molar-refractivity contribution < 1.29 is 29.4 Å². The number of nitrogens with one attached hydrogen (secondary N) is 2. The number of amides is 4. The molecule has 0 radical (unpaired) electrons. The minimum absolute atomic E-state index is 0.00247. The molecule has 0 aliphatic carbocycles. The summed E-state index contributed by atoms with van der Waals surface area (Å²) in [6, 6.07) is -1.62. The van der Waals surface area contributed by atoms with E-state index in [0.717, 1.165) is 0 Å². The maximum atomic E-state index is 11.4. The molecular formula is C8H14N4O6. The van der Waals surface area contributed by atoms with Gasteiger partial charge in [0.15, 0.2) is 0 Å². The average Bonchev–Trinajstić information content (AvgIpc) is 2.21. The lowest BCUT2D eigenvalue weighted by atomic mass is 10.5. The zero-order valence-corrected chi connectivity index (χ0v) is 9.38. The Balaban J connectivity index is 4.16. The minimum atomic E-state index is -1.33. The molecule has 0 fully saturated rings. The van der Waals surface area contributed by atoms with Crippen molar-refractivity contribution in [3.05, 3.63) is 0 Å². The predicted molar refractivity (Wildman–Crippen MR) is 57.8 cm³/mol. The van der Waals surface area contributed by atoms with Crippen LogP contribution in [0.5, 0.6) is 0 Å². The molecule has 0 bridgehead atoms. The van der Waals surface area contributed by atoms with Crippen molar-refractivity contribution in [1.82, 2.24) is 15.5 Å². The topological polar surface area (TPSA) is 162 Å². The van der Waals surface area contributed by atoms with E-state index in [1.54, 1.807) is 0 Å². The summed E-state index contributed by atoms with van der Waals surface area (Å²) < 4.78 is 0. The van der Waals surface area contributed by atoms with E-state index in [0.29, 0.717) is 4.90 Å². The molecule has 10 heteroatoms. The smallest absolute Gasteiger partial charge is 0.323 e. The van der Waals surface area contributed by atoms with E-state index in [1.807, 2.05) is 0 Å². The van der Waals surface area contributed by atoms with Crippen LogP contribution in [0, 0.1) is 0 Å². The Morgan fingerprint density at radius 1 is 0.944 bits per heavy atom. The van der Waals surface area contributed by atoms with Gasteiger partial charge in [-0.05, 0) is 0 Å². The lowest BCUT2D eigenvalue weighted by molar-refractivity contribution is -0.140. The van der Waals surface area contributed by atoms with E-state index in [1.165, 1.54) is 0 Å². The predicted octanol–water partition coefficient (Wildman–Crippen LogP) is -2.16. The Morgan fingerprint density at radius 3 is 1.78 bits per heavy atom. The number of rotatable bonds is 7. The highest BCUT2D eigenvalue weighted by atomic mass is 16.4. The van der Waals surface area contributed by atoms with Crippen LogP contribution in [0.15, 0.2) is 0 Å². The van der Waals surface area contributed by atoms with Crippen LogP contribution in [0.1, 0.15) is 0 Å². The number of carboxylic acid groups (broad SMARTS) is 2. The van der Waals surface area contributed by atoms with Gasteiger partial charge in [0.1, 0.15) is 13.1 Å². The third kappa shape index (κ3) is 7.73. The molecule has 0 unspecified atom stereocenters. The third-order valence-electron chi connectivity index (χ3n) is 1.64. The number of urea groups is 2. The summed E-state index contributed by atoms with van der Waals surface area (Å²) in [7, 11) is 0. The minimum Gasteiger partial charge on any atom is -0.480 e. The van der Waals surface area contributed by atoms with E-state index < -0.39 is 37.1 Å². The number of nitrogens with two attached hydrogens (primary N) is 1. The number of primary amides is 1. The van der Waals surface area contributed by atoms with Crippen LogP contribution < -0.4 is 16.4 Å². The molecule has 4 amide bonds. The van der Waals surface area contributed by atoms with Crippen molar-refractivity contribution >= 4 is 24.0 Å². The molecule has 0 aliphatic heterocycles. The maximum Gasteiger partial charge on any atom is 0.323 e. The van der Waals surface area contributed by atoms with Crippen molar-refractivity contribution in [1.29, 1.82) is 0 Å². The fraction of sp³-hybridized carbons (Fsp3) is 0.500. The first-order valence-corrected chi connectivity index (χ1v) is 4.82. The quantitative estimate of drug-likeness (QED) is 0.328. The lowest BCUT2D eigenvalue weighted by Gasteiger charge is -2.18. The largest absolute Gasteiger partial charge is 0.480 e. The molecule has 102 valence electrons. The second-order valence-corrected chi connectivity index (χ2v) is 3.17. The van der Waals surface area contributed by atoms with Crippen molar-refractivity contribution in [2.75, 3.05) is 26.2 Å². The van der Waals surface area contributed by atoms with Crippen molar-refractivity contribution in [2.45, 2.75) is 0 Å². The molecule has 0 aromatic rings. The molecule has 6 N–H and O–H groups in total. The van der Waals surface area contributed by atoms with Gasteiger partial charge in [-0.15, -0.1) is 0 Å². The van der Waals surface area contributed by atoms with Crippen LogP contribution in [-0.4, -0.2) is 65.3 Å².